The number of benzene rings is 1. The van der Waals surface area contributed by atoms with Gasteiger partial charge in [-0.25, -0.2) is 9.59 Å². The Morgan fingerprint density at radius 3 is 2.24 bits per heavy atom. The summed E-state index contributed by atoms with van der Waals surface area (Å²) >= 11 is 0. The van der Waals surface area contributed by atoms with E-state index in [2.05, 4.69) is 6.92 Å². The van der Waals surface area contributed by atoms with Crippen molar-refractivity contribution in [1.29, 1.82) is 0 Å². The number of carbonyl (C=O) groups excluding carboxylic acids is 4. The van der Waals surface area contributed by atoms with Crippen LogP contribution in [0.4, 0.5) is 5.69 Å². The molecule has 1 heterocycles. The van der Waals surface area contributed by atoms with Crippen molar-refractivity contribution in [3.63, 3.8) is 0 Å². The maximum Gasteiger partial charge on any atom is 0.338 e. The Morgan fingerprint density at radius 2 is 1.64 bits per heavy atom. The number of carbonyl (C=O) groups is 4. The lowest BCUT2D eigenvalue weighted by Crippen LogP contribution is -2.65. The second-order valence-corrected chi connectivity index (χ2v) is 14.0. The van der Waals surface area contributed by atoms with Crippen molar-refractivity contribution in [2.24, 2.45) is 5.92 Å². The lowest BCUT2D eigenvalue weighted by Gasteiger charge is -2.43. The highest BCUT2D eigenvalue weighted by molar-refractivity contribution is 5.90. The van der Waals surface area contributed by atoms with E-state index in [0.29, 0.717) is 12.1 Å². The van der Waals surface area contributed by atoms with E-state index < -0.39 is 83.7 Å². The molecule has 13 heteroatoms. The monoisotopic (exact) mass is 701 g/mol. The molecule has 1 aromatic rings. The van der Waals surface area contributed by atoms with E-state index in [-0.39, 0.29) is 28.7 Å². The Morgan fingerprint density at radius 1 is 1.00 bits per heavy atom. The number of allylic oxidation sites excluding steroid dienone is 1. The molecule has 4 rings (SSSR count). The molecule has 0 bridgehead atoms. The zero-order valence-corrected chi connectivity index (χ0v) is 29.9. The second kappa shape index (κ2) is 15.2. The third kappa shape index (κ3) is 7.32. The second-order valence-electron chi connectivity index (χ2n) is 14.0. The van der Waals surface area contributed by atoms with Crippen LogP contribution in [0.2, 0.25) is 0 Å². The van der Waals surface area contributed by atoms with Gasteiger partial charge in [0.2, 0.25) is 0 Å². The van der Waals surface area contributed by atoms with Crippen LogP contribution in [0.1, 0.15) is 104 Å². The molecule has 1 aromatic carbocycles. The Balaban J connectivity index is 1.88. The summed E-state index contributed by atoms with van der Waals surface area (Å²) in [5.41, 5.74) is 0.241. The first-order valence-electron chi connectivity index (χ1n) is 17.2. The SMILES string of the molecule is C/C=C(/C)C(=O)O[C@H]1C(C)=C2[C@H]([C@@H]1OC(=O)CCCCCCC)[C@@](C)(OC(C)=O)C[C@H](OC(=O)c1ccc(N)cc1)[C@@]1(O)[C@H]2O[C@H](O)[C@@]1(C)O. The Hall–Kier alpha value is -3.78. The number of esters is 4. The first-order valence-corrected chi connectivity index (χ1v) is 17.2. The molecule has 1 aliphatic heterocycles. The number of hydrogen-bond acceptors (Lipinski definition) is 13. The normalized spacial score (nSPS) is 33.6. The molecule has 0 spiro atoms. The fourth-order valence-electron chi connectivity index (χ4n) is 7.41. The van der Waals surface area contributed by atoms with Crippen molar-refractivity contribution in [3.8, 4) is 0 Å². The number of aliphatic hydroxyl groups is 3. The van der Waals surface area contributed by atoms with E-state index in [1.807, 2.05) is 0 Å². The van der Waals surface area contributed by atoms with Crippen LogP contribution in [-0.2, 0) is 38.1 Å². The molecule has 1 saturated carbocycles. The number of unbranched alkanes of at least 4 members (excludes halogenated alkanes) is 4. The quantitative estimate of drug-likeness (QED) is 0.0613. The van der Waals surface area contributed by atoms with Crippen LogP contribution < -0.4 is 5.73 Å². The summed E-state index contributed by atoms with van der Waals surface area (Å²) in [6, 6.07) is 5.82. The minimum Gasteiger partial charge on any atom is -0.459 e. The van der Waals surface area contributed by atoms with E-state index in [1.165, 1.54) is 38.1 Å². The Kier molecular flexibility index (Phi) is 11.9. The van der Waals surface area contributed by atoms with Gasteiger partial charge in [0.1, 0.15) is 23.4 Å². The molecule has 9 atom stereocenters. The molecule has 50 heavy (non-hydrogen) atoms. The summed E-state index contributed by atoms with van der Waals surface area (Å²) in [5, 5.41) is 35.4. The zero-order valence-electron chi connectivity index (χ0n) is 29.9. The Labute approximate surface area is 292 Å². The van der Waals surface area contributed by atoms with Gasteiger partial charge >= 0.3 is 23.9 Å². The fourth-order valence-corrected chi connectivity index (χ4v) is 7.41. The van der Waals surface area contributed by atoms with Crippen molar-refractivity contribution in [3.05, 3.63) is 52.6 Å². The molecule has 2 fully saturated rings. The van der Waals surface area contributed by atoms with E-state index in [0.717, 1.165) is 32.6 Å². The first-order chi connectivity index (χ1) is 23.4. The number of rotatable bonds is 12. The fraction of sp³-hybridized carbons (Fsp3) is 0.622. The number of fused-ring (bicyclic) bond motifs is 3. The molecule has 1 saturated heterocycles. The van der Waals surface area contributed by atoms with Crippen molar-refractivity contribution >= 4 is 29.6 Å². The van der Waals surface area contributed by atoms with Crippen LogP contribution in [0, 0.1) is 5.92 Å². The molecular weight excluding hydrogens is 650 g/mol. The van der Waals surface area contributed by atoms with Gasteiger partial charge in [-0.05, 0) is 76.5 Å². The summed E-state index contributed by atoms with van der Waals surface area (Å²) in [7, 11) is 0. The van der Waals surface area contributed by atoms with Crippen LogP contribution >= 0.6 is 0 Å². The van der Waals surface area contributed by atoms with Crippen LogP contribution in [-0.4, -0.2) is 86.7 Å². The van der Waals surface area contributed by atoms with Crippen LogP contribution in [0.15, 0.2) is 47.1 Å². The minimum atomic E-state index is -2.56. The van der Waals surface area contributed by atoms with Gasteiger partial charge in [-0.2, -0.15) is 0 Å². The topological polar surface area (TPSA) is 201 Å². The van der Waals surface area contributed by atoms with Crippen molar-refractivity contribution < 1.29 is 58.2 Å². The number of anilines is 1. The standard InChI is InChI=1S/C37H51NO12/c1-8-10-11-12-13-14-26(40)47-30-28-27(21(4)29(30)48-32(41)20(3)9-2)31-37(45,36(7,44)34(43)49-31)25(19-35(28,6)50-22(5)39)46-33(42)23-15-17-24(38)18-16-23/h9,15-18,25,28-31,34,43-45H,8,10-14,19,38H2,1-7H3/b20-9-/t25-,28+,29-,30-,31-,34-,35-,36+,37+/m0/s1. The summed E-state index contributed by atoms with van der Waals surface area (Å²) < 4.78 is 29.9. The molecule has 5 N–H and O–H groups in total. The van der Waals surface area contributed by atoms with Gasteiger partial charge < -0.3 is 44.7 Å². The predicted octanol–water partition coefficient (Wildman–Crippen LogP) is 3.82. The van der Waals surface area contributed by atoms with E-state index in [9.17, 15) is 34.5 Å². The molecule has 0 amide bonds. The number of ether oxygens (including phenoxy) is 5. The number of hydrogen-bond donors (Lipinski definition) is 4. The van der Waals surface area contributed by atoms with E-state index >= 15 is 0 Å². The van der Waals surface area contributed by atoms with Gasteiger partial charge in [-0.15, -0.1) is 0 Å². The average Bonchev–Trinajstić information content (AvgIpc) is 3.38. The average molecular weight is 702 g/mol. The highest BCUT2D eigenvalue weighted by atomic mass is 16.7. The minimum absolute atomic E-state index is 0.0687. The lowest BCUT2D eigenvalue weighted by molar-refractivity contribution is -0.219. The highest BCUT2D eigenvalue weighted by Crippen LogP contribution is 2.58. The van der Waals surface area contributed by atoms with Crippen molar-refractivity contribution in [1.82, 2.24) is 0 Å². The third-order valence-electron chi connectivity index (χ3n) is 10.3. The van der Waals surface area contributed by atoms with Gasteiger partial charge in [-0.3, -0.25) is 9.59 Å². The number of aliphatic hydroxyl groups excluding tert-OH is 1. The summed E-state index contributed by atoms with van der Waals surface area (Å²) in [5.74, 6) is -4.08. The molecule has 2 aliphatic carbocycles. The maximum atomic E-state index is 13.5. The summed E-state index contributed by atoms with van der Waals surface area (Å²) in [4.78, 5) is 53.0. The molecule has 0 radical (unpaired) electrons. The largest absolute Gasteiger partial charge is 0.459 e. The summed E-state index contributed by atoms with van der Waals surface area (Å²) in [6.07, 6.45) is -2.24. The van der Waals surface area contributed by atoms with Gasteiger partial charge in [0.25, 0.3) is 0 Å². The van der Waals surface area contributed by atoms with Crippen LogP contribution in [0.3, 0.4) is 0 Å². The van der Waals surface area contributed by atoms with Crippen LogP contribution in [0.5, 0.6) is 0 Å². The number of nitrogen functional groups attached to an aromatic ring is 1. The van der Waals surface area contributed by atoms with Gasteiger partial charge in [0.05, 0.1) is 11.5 Å². The first kappa shape index (κ1) is 39.0. The zero-order chi connectivity index (χ0) is 37.2. The van der Waals surface area contributed by atoms with E-state index in [1.54, 1.807) is 26.8 Å². The maximum absolute atomic E-state index is 13.5. The van der Waals surface area contributed by atoms with Crippen molar-refractivity contribution in [2.75, 3.05) is 5.73 Å². The molecule has 13 nitrogen and oxygen atoms in total. The van der Waals surface area contributed by atoms with Crippen molar-refractivity contribution in [2.45, 2.75) is 141 Å². The Bertz CT molecular complexity index is 1520. The highest BCUT2D eigenvalue weighted by Gasteiger charge is 2.75. The molecule has 0 unspecified atom stereocenters. The van der Waals surface area contributed by atoms with Gasteiger partial charge in [0.15, 0.2) is 24.1 Å². The predicted molar refractivity (Wildman–Crippen MR) is 180 cm³/mol. The molecule has 0 aromatic heterocycles. The molecular formula is C37H51NO12. The smallest absolute Gasteiger partial charge is 0.338 e. The van der Waals surface area contributed by atoms with Crippen LogP contribution in [0.25, 0.3) is 0 Å². The molecule has 276 valence electrons. The summed E-state index contributed by atoms with van der Waals surface area (Å²) in [6.45, 7) is 10.7. The van der Waals surface area contributed by atoms with E-state index in [4.69, 9.17) is 29.4 Å². The number of nitrogens with two attached hydrogens (primary N) is 1. The third-order valence-corrected chi connectivity index (χ3v) is 10.3. The van der Waals surface area contributed by atoms with Gasteiger partial charge in [-0.1, -0.05) is 38.7 Å². The molecule has 3 aliphatic rings. The van der Waals surface area contributed by atoms with Gasteiger partial charge in [0, 0.05) is 31.0 Å². The lowest BCUT2D eigenvalue weighted by atomic mass is 9.75.